The summed E-state index contributed by atoms with van der Waals surface area (Å²) in [5, 5.41) is -0.291. The van der Waals surface area contributed by atoms with Crippen molar-refractivity contribution in [3.63, 3.8) is 0 Å². The van der Waals surface area contributed by atoms with E-state index in [-0.39, 0.29) is 17.4 Å². The monoisotopic (exact) mass is 367 g/mol. The lowest BCUT2D eigenvalue weighted by Crippen LogP contribution is -2.45. The Hall–Kier alpha value is -1.10. The zero-order chi connectivity index (χ0) is 18.2. The quantitative estimate of drug-likeness (QED) is 0.577. The highest BCUT2D eigenvalue weighted by molar-refractivity contribution is 6.65. The van der Waals surface area contributed by atoms with E-state index >= 15 is 0 Å². The van der Waals surface area contributed by atoms with Crippen molar-refractivity contribution in [3.8, 4) is 0 Å². The summed E-state index contributed by atoms with van der Waals surface area (Å²) in [5.74, 6) is 0. The summed E-state index contributed by atoms with van der Waals surface area (Å²) < 4.78 is 11.0. The van der Waals surface area contributed by atoms with Crippen LogP contribution in [0.5, 0.6) is 0 Å². The van der Waals surface area contributed by atoms with E-state index in [1.807, 2.05) is 0 Å². The third kappa shape index (κ3) is 5.19. The zero-order valence-corrected chi connectivity index (χ0v) is 16.3. The summed E-state index contributed by atoms with van der Waals surface area (Å²) in [6.45, 7) is 7.93. The molecule has 1 aromatic carbocycles. The maximum absolute atomic E-state index is 12.3. The molecule has 2 rings (SSSR count). The van der Waals surface area contributed by atoms with E-state index < -0.39 is 0 Å². The molecule has 1 aromatic rings. The van der Waals surface area contributed by atoms with Crippen LogP contribution in [0.1, 0.15) is 51.2 Å². The highest BCUT2D eigenvalue weighted by atomic mass is 35.5. The number of carbonyl (C=O) groups is 1. The van der Waals surface area contributed by atoms with Crippen LogP contribution in [0.25, 0.3) is 0 Å². The van der Waals surface area contributed by atoms with Crippen LogP contribution in [0.4, 0.5) is 5.69 Å². The van der Waals surface area contributed by atoms with Crippen molar-refractivity contribution in [1.82, 2.24) is 0 Å². The number of ether oxygens (including phenoxy) is 2. The molecule has 0 aromatic heterocycles. The van der Waals surface area contributed by atoms with Crippen LogP contribution >= 0.6 is 11.6 Å². The second-order valence-corrected chi connectivity index (χ2v) is 6.90. The number of carbonyl (C=O) groups excluding carboxylic acids is 1. The van der Waals surface area contributed by atoms with E-state index in [1.54, 1.807) is 0 Å². The van der Waals surface area contributed by atoms with Gasteiger partial charge < -0.3 is 14.4 Å². The second kappa shape index (κ2) is 10.1. The van der Waals surface area contributed by atoms with Crippen LogP contribution < -0.4 is 4.90 Å². The van der Waals surface area contributed by atoms with Gasteiger partial charge in [-0.15, -0.1) is 0 Å². The molecule has 1 aliphatic rings. The van der Waals surface area contributed by atoms with E-state index in [2.05, 4.69) is 43.9 Å². The molecule has 25 heavy (non-hydrogen) atoms. The molecule has 1 fully saturated rings. The third-order valence-electron chi connectivity index (χ3n) is 4.81. The molecule has 0 amide bonds. The number of halogens is 1. The van der Waals surface area contributed by atoms with Gasteiger partial charge in [0.1, 0.15) is 18.9 Å². The number of hydrogen-bond acceptors (Lipinski definition) is 4. The van der Waals surface area contributed by atoms with Gasteiger partial charge in [0.25, 0.3) is 0 Å². The van der Waals surface area contributed by atoms with Crippen molar-refractivity contribution in [2.75, 3.05) is 24.8 Å². The van der Waals surface area contributed by atoms with Gasteiger partial charge in [0, 0.05) is 12.2 Å². The van der Waals surface area contributed by atoms with Crippen LogP contribution in [0.15, 0.2) is 18.2 Å². The summed E-state index contributed by atoms with van der Waals surface area (Å²) in [6.07, 6.45) is 4.56. The van der Waals surface area contributed by atoms with Crippen LogP contribution in [0.3, 0.4) is 0 Å². The lowest BCUT2D eigenvalue weighted by molar-refractivity contribution is -0.113. The molecular formula is C20H30ClNO3. The molecule has 1 heterocycles. The largest absolute Gasteiger partial charge is 0.357 e. The van der Waals surface area contributed by atoms with Gasteiger partial charge in [-0.05, 0) is 42.0 Å². The summed E-state index contributed by atoms with van der Waals surface area (Å²) >= 11 is 6.05. The second-order valence-electron chi connectivity index (χ2n) is 6.52. The summed E-state index contributed by atoms with van der Waals surface area (Å²) in [6, 6.07) is 6.05. The number of anilines is 1. The average molecular weight is 368 g/mol. The number of aryl methyl sites for hydroxylation is 2. The Morgan fingerprint density at radius 3 is 2.44 bits per heavy atom. The Morgan fingerprint density at radius 1 is 1.28 bits per heavy atom. The SMILES string of the molecule is CCCCC(C(=O)Cl)N(CC1COCO1)c1c(CC)cccc1CC. The van der Waals surface area contributed by atoms with E-state index in [4.69, 9.17) is 21.1 Å². The standard InChI is InChI=1S/C20H30ClNO3/c1-4-7-11-18(20(21)23)22(12-17-13-24-14-25-17)19-15(5-2)9-8-10-16(19)6-3/h8-10,17-18H,4-7,11-14H2,1-3H3. The van der Waals surface area contributed by atoms with Crippen molar-refractivity contribution in [3.05, 3.63) is 29.3 Å². The van der Waals surface area contributed by atoms with E-state index in [9.17, 15) is 4.79 Å². The molecule has 5 heteroatoms. The Kier molecular flexibility index (Phi) is 8.20. The first-order valence-electron chi connectivity index (χ1n) is 9.38. The van der Waals surface area contributed by atoms with Crippen LogP contribution in [-0.2, 0) is 27.1 Å². The first-order valence-corrected chi connectivity index (χ1v) is 9.76. The Bertz CT molecular complexity index is 536. The molecule has 1 aliphatic heterocycles. The van der Waals surface area contributed by atoms with Crippen LogP contribution in [0, 0.1) is 0 Å². The summed E-state index contributed by atoms with van der Waals surface area (Å²) in [7, 11) is 0. The lowest BCUT2D eigenvalue weighted by atomic mass is 9.98. The molecule has 0 radical (unpaired) electrons. The highest BCUT2D eigenvalue weighted by Crippen LogP contribution is 2.31. The summed E-state index contributed by atoms with van der Waals surface area (Å²) in [4.78, 5) is 14.5. The predicted octanol–water partition coefficient (Wildman–Crippen LogP) is 4.31. The number of para-hydroxylation sites is 1. The van der Waals surface area contributed by atoms with E-state index in [0.29, 0.717) is 19.9 Å². The molecule has 0 aliphatic carbocycles. The van der Waals surface area contributed by atoms with Crippen LogP contribution in [0.2, 0.25) is 0 Å². The van der Waals surface area contributed by atoms with Gasteiger partial charge in [0.2, 0.25) is 5.24 Å². The van der Waals surface area contributed by atoms with Gasteiger partial charge in [-0.2, -0.15) is 0 Å². The van der Waals surface area contributed by atoms with Gasteiger partial charge in [0.05, 0.1) is 6.61 Å². The highest BCUT2D eigenvalue weighted by Gasteiger charge is 2.31. The zero-order valence-electron chi connectivity index (χ0n) is 15.6. The number of benzene rings is 1. The lowest BCUT2D eigenvalue weighted by Gasteiger charge is -2.36. The van der Waals surface area contributed by atoms with E-state index in [1.165, 1.54) is 11.1 Å². The molecule has 2 unspecified atom stereocenters. The van der Waals surface area contributed by atoms with Crippen molar-refractivity contribution in [1.29, 1.82) is 0 Å². The maximum Gasteiger partial charge on any atom is 0.244 e. The molecule has 140 valence electrons. The Morgan fingerprint density at radius 2 is 1.96 bits per heavy atom. The first-order chi connectivity index (χ1) is 12.1. The normalized spacial score (nSPS) is 18.3. The number of rotatable bonds is 10. The minimum Gasteiger partial charge on any atom is -0.357 e. The third-order valence-corrected chi connectivity index (χ3v) is 5.06. The number of nitrogens with zero attached hydrogens (tertiary/aromatic N) is 1. The van der Waals surface area contributed by atoms with Gasteiger partial charge in [-0.3, -0.25) is 4.79 Å². The molecule has 0 N–H and O–H groups in total. The maximum atomic E-state index is 12.3. The van der Waals surface area contributed by atoms with Gasteiger partial charge in [-0.1, -0.05) is 51.8 Å². The molecule has 1 saturated heterocycles. The molecule has 4 nitrogen and oxygen atoms in total. The van der Waals surface area contributed by atoms with Crippen molar-refractivity contribution >= 4 is 22.5 Å². The summed E-state index contributed by atoms with van der Waals surface area (Å²) in [5.41, 5.74) is 3.65. The van der Waals surface area contributed by atoms with Crippen molar-refractivity contribution in [2.45, 2.75) is 65.0 Å². The van der Waals surface area contributed by atoms with Crippen molar-refractivity contribution in [2.24, 2.45) is 0 Å². The Labute approximate surface area is 156 Å². The Balaban J connectivity index is 2.43. The topological polar surface area (TPSA) is 38.8 Å². The van der Waals surface area contributed by atoms with Crippen molar-refractivity contribution < 1.29 is 14.3 Å². The first kappa shape index (κ1) is 20.2. The average Bonchev–Trinajstić information content (AvgIpc) is 3.13. The van der Waals surface area contributed by atoms with Gasteiger partial charge >= 0.3 is 0 Å². The minimum absolute atomic E-state index is 0.0326. The molecule has 0 bridgehead atoms. The smallest absolute Gasteiger partial charge is 0.244 e. The number of unbranched alkanes of at least 4 members (excludes halogenated alkanes) is 1. The fourth-order valence-corrected chi connectivity index (χ4v) is 3.67. The van der Waals surface area contributed by atoms with Gasteiger partial charge in [0.15, 0.2) is 0 Å². The molecular weight excluding hydrogens is 338 g/mol. The molecule has 0 saturated carbocycles. The molecule has 0 spiro atoms. The van der Waals surface area contributed by atoms with E-state index in [0.717, 1.165) is 37.8 Å². The minimum atomic E-state index is -0.330. The number of hydrogen-bond donors (Lipinski definition) is 0. The molecule has 2 atom stereocenters. The van der Waals surface area contributed by atoms with Gasteiger partial charge in [-0.25, -0.2) is 0 Å². The fourth-order valence-electron chi connectivity index (χ4n) is 3.44. The fraction of sp³-hybridized carbons (Fsp3) is 0.650. The predicted molar refractivity (Wildman–Crippen MR) is 102 cm³/mol. The van der Waals surface area contributed by atoms with Crippen LogP contribution in [-0.4, -0.2) is 37.3 Å².